The molecule has 2 aromatic heterocycles. The molecule has 0 saturated carbocycles. The van der Waals surface area contributed by atoms with Crippen LogP contribution >= 0.6 is 0 Å². The highest BCUT2D eigenvalue weighted by Crippen LogP contribution is 2.39. The lowest BCUT2D eigenvalue weighted by Crippen LogP contribution is -2.01. The second-order valence-corrected chi connectivity index (χ2v) is 14.1. The Morgan fingerprint density at radius 3 is 1.65 bits per heavy atom. The van der Waals surface area contributed by atoms with Gasteiger partial charge in [-0.1, -0.05) is 164 Å². The van der Waals surface area contributed by atoms with Crippen molar-refractivity contribution in [1.82, 2.24) is 19.5 Å². The van der Waals surface area contributed by atoms with Gasteiger partial charge in [0.1, 0.15) is 0 Å². The fraction of sp³-hybridized carbons (Fsp3) is 0. The first kappa shape index (κ1) is 31.1. The molecule has 0 aliphatic rings. The van der Waals surface area contributed by atoms with E-state index in [0.717, 1.165) is 38.7 Å². The normalized spacial score (nSPS) is 11.6. The first-order valence-corrected chi connectivity index (χ1v) is 18.6. The molecule has 0 fully saturated rings. The Morgan fingerprint density at radius 2 is 0.855 bits per heavy atom. The average molecular weight is 701 g/mol. The van der Waals surface area contributed by atoms with Crippen LogP contribution in [0.1, 0.15) is 0 Å². The Labute approximate surface area is 317 Å². The van der Waals surface area contributed by atoms with Gasteiger partial charge in [-0.2, -0.15) is 0 Å². The summed E-state index contributed by atoms with van der Waals surface area (Å²) >= 11 is 0. The SMILES string of the molecule is c1ccc(-c2nc(-c3ccc(-c4ccc5ccccc5c4)cc3)nc(-c3cccc4c(-n5c6ccccc6c6cc7ccccc7cc65)cccc34)n2)cc1. The van der Waals surface area contributed by atoms with E-state index in [1.54, 1.807) is 0 Å². The number of nitrogens with zero attached hydrogens (tertiary/aromatic N) is 4. The van der Waals surface area contributed by atoms with E-state index in [0.29, 0.717) is 17.5 Å². The van der Waals surface area contributed by atoms with Gasteiger partial charge in [0.25, 0.3) is 0 Å². The van der Waals surface area contributed by atoms with Crippen LogP contribution in [0.2, 0.25) is 0 Å². The lowest BCUT2D eigenvalue weighted by Gasteiger charge is -2.15. The summed E-state index contributed by atoms with van der Waals surface area (Å²) < 4.78 is 2.41. The van der Waals surface area contributed by atoms with E-state index in [-0.39, 0.29) is 0 Å². The Kier molecular flexibility index (Phi) is 7.14. The van der Waals surface area contributed by atoms with Gasteiger partial charge in [0.15, 0.2) is 17.5 Å². The smallest absolute Gasteiger partial charge is 0.164 e. The number of hydrogen-bond donors (Lipinski definition) is 0. The molecule has 0 N–H and O–H groups in total. The minimum Gasteiger partial charge on any atom is -0.309 e. The Balaban J connectivity index is 1.08. The van der Waals surface area contributed by atoms with Gasteiger partial charge in [-0.3, -0.25) is 0 Å². The molecule has 0 saturated heterocycles. The summed E-state index contributed by atoms with van der Waals surface area (Å²) in [6.45, 7) is 0. The Bertz CT molecular complexity index is 3250. The maximum absolute atomic E-state index is 5.19. The molecule has 4 heteroatoms. The second kappa shape index (κ2) is 12.6. The van der Waals surface area contributed by atoms with E-state index in [1.165, 1.54) is 48.9 Å². The van der Waals surface area contributed by atoms with Crippen LogP contribution in [0.15, 0.2) is 194 Å². The third-order valence-corrected chi connectivity index (χ3v) is 10.8. The summed E-state index contributed by atoms with van der Waals surface area (Å²) in [6.07, 6.45) is 0. The molecular formula is C51H32N4. The number of rotatable bonds is 5. The fourth-order valence-electron chi connectivity index (χ4n) is 8.12. The van der Waals surface area contributed by atoms with Crippen LogP contribution in [0.25, 0.3) is 105 Å². The van der Waals surface area contributed by atoms with Gasteiger partial charge < -0.3 is 4.57 Å². The molecule has 0 bridgehead atoms. The topological polar surface area (TPSA) is 43.6 Å². The summed E-state index contributed by atoms with van der Waals surface area (Å²) in [5.41, 5.74) is 8.62. The predicted octanol–water partition coefficient (Wildman–Crippen LogP) is 13.1. The largest absolute Gasteiger partial charge is 0.309 e. The maximum atomic E-state index is 5.19. The maximum Gasteiger partial charge on any atom is 0.164 e. The molecule has 11 aromatic rings. The van der Waals surface area contributed by atoms with Crippen LogP contribution in [0.3, 0.4) is 0 Å². The molecule has 0 unspecified atom stereocenters. The molecule has 0 spiro atoms. The zero-order valence-electron chi connectivity index (χ0n) is 29.8. The van der Waals surface area contributed by atoms with Crippen molar-refractivity contribution in [1.29, 1.82) is 0 Å². The molecule has 0 amide bonds. The highest BCUT2D eigenvalue weighted by molar-refractivity contribution is 6.15. The molecule has 2 heterocycles. The molecule has 256 valence electrons. The minimum atomic E-state index is 0.636. The number of fused-ring (bicyclic) bond motifs is 6. The first-order valence-electron chi connectivity index (χ1n) is 18.6. The van der Waals surface area contributed by atoms with Gasteiger partial charge in [0, 0.05) is 32.8 Å². The number of hydrogen-bond acceptors (Lipinski definition) is 3. The average Bonchev–Trinajstić information content (AvgIpc) is 3.58. The van der Waals surface area contributed by atoms with Crippen LogP contribution in [-0.2, 0) is 0 Å². The molecule has 11 rings (SSSR count). The minimum absolute atomic E-state index is 0.636. The van der Waals surface area contributed by atoms with Crippen molar-refractivity contribution in [3.63, 3.8) is 0 Å². The van der Waals surface area contributed by atoms with Crippen molar-refractivity contribution in [3.8, 4) is 51.0 Å². The van der Waals surface area contributed by atoms with Crippen LogP contribution in [-0.4, -0.2) is 19.5 Å². The van der Waals surface area contributed by atoms with Crippen molar-refractivity contribution < 1.29 is 0 Å². The number of aromatic nitrogens is 4. The van der Waals surface area contributed by atoms with Crippen molar-refractivity contribution >= 4 is 54.1 Å². The molecular weight excluding hydrogens is 669 g/mol. The fourth-order valence-corrected chi connectivity index (χ4v) is 8.12. The van der Waals surface area contributed by atoms with Gasteiger partial charge in [0.2, 0.25) is 0 Å². The van der Waals surface area contributed by atoms with Crippen LogP contribution in [0, 0.1) is 0 Å². The summed E-state index contributed by atoms with van der Waals surface area (Å²) in [7, 11) is 0. The standard InChI is InChI=1S/C51H32N4/c1-2-13-35(14-3-1)49-52-50(36-27-24-34(25-28-36)40-29-26-33-12-4-5-15-37(33)30-40)54-51(53-49)44-21-10-20-42-41(44)19-11-23-47(42)55-46-22-9-8-18-43(46)45-31-38-16-6-7-17-39(38)32-48(45)55/h1-32H. The van der Waals surface area contributed by atoms with Crippen LogP contribution < -0.4 is 0 Å². The number of benzene rings is 9. The summed E-state index contributed by atoms with van der Waals surface area (Å²) in [6, 6.07) is 68.7. The van der Waals surface area contributed by atoms with Crippen molar-refractivity contribution in [3.05, 3.63) is 194 Å². The van der Waals surface area contributed by atoms with Gasteiger partial charge in [0.05, 0.1) is 16.7 Å². The summed E-state index contributed by atoms with van der Waals surface area (Å²) in [4.78, 5) is 15.4. The van der Waals surface area contributed by atoms with Crippen molar-refractivity contribution in [2.75, 3.05) is 0 Å². The lowest BCUT2D eigenvalue weighted by molar-refractivity contribution is 1.08. The van der Waals surface area contributed by atoms with Gasteiger partial charge >= 0.3 is 0 Å². The third kappa shape index (κ3) is 5.26. The molecule has 0 radical (unpaired) electrons. The molecule has 0 atom stereocenters. The quantitative estimate of drug-likeness (QED) is 0.179. The second-order valence-electron chi connectivity index (χ2n) is 14.1. The van der Waals surface area contributed by atoms with Crippen molar-refractivity contribution in [2.45, 2.75) is 0 Å². The zero-order valence-corrected chi connectivity index (χ0v) is 29.8. The van der Waals surface area contributed by atoms with E-state index < -0.39 is 0 Å². The molecule has 9 aromatic carbocycles. The zero-order chi connectivity index (χ0) is 36.3. The monoisotopic (exact) mass is 700 g/mol. The van der Waals surface area contributed by atoms with Gasteiger partial charge in [-0.05, 0) is 68.4 Å². The predicted molar refractivity (Wildman–Crippen MR) is 228 cm³/mol. The van der Waals surface area contributed by atoms with E-state index >= 15 is 0 Å². The summed E-state index contributed by atoms with van der Waals surface area (Å²) in [5, 5.41) is 9.59. The van der Waals surface area contributed by atoms with Gasteiger partial charge in [-0.25, -0.2) is 15.0 Å². The summed E-state index contributed by atoms with van der Waals surface area (Å²) in [5.74, 6) is 1.91. The van der Waals surface area contributed by atoms with Crippen LogP contribution in [0.5, 0.6) is 0 Å². The first-order chi connectivity index (χ1) is 27.2. The van der Waals surface area contributed by atoms with Gasteiger partial charge in [-0.15, -0.1) is 0 Å². The highest BCUT2D eigenvalue weighted by atomic mass is 15.0. The molecule has 4 nitrogen and oxygen atoms in total. The van der Waals surface area contributed by atoms with E-state index in [2.05, 4.69) is 180 Å². The van der Waals surface area contributed by atoms with Crippen molar-refractivity contribution in [2.24, 2.45) is 0 Å². The molecule has 0 aliphatic heterocycles. The van der Waals surface area contributed by atoms with E-state index in [9.17, 15) is 0 Å². The molecule has 55 heavy (non-hydrogen) atoms. The highest BCUT2D eigenvalue weighted by Gasteiger charge is 2.18. The third-order valence-electron chi connectivity index (χ3n) is 10.8. The lowest BCUT2D eigenvalue weighted by atomic mass is 10.00. The molecule has 0 aliphatic carbocycles. The number of para-hydroxylation sites is 1. The van der Waals surface area contributed by atoms with E-state index in [1.807, 2.05) is 18.2 Å². The van der Waals surface area contributed by atoms with Crippen LogP contribution in [0.4, 0.5) is 0 Å². The Hall–Kier alpha value is -7.43. The Morgan fingerprint density at radius 1 is 0.291 bits per heavy atom. The van der Waals surface area contributed by atoms with E-state index in [4.69, 9.17) is 15.0 Å².